The molecule has 0 radical (unpaired) electrons. The van der Waals surface area contributed by atoms with Gasteiger partial charge in [-0.1, -0.05) is 19.3 Å². The number of benzene rings is 1. The van der Waals surface area contributed by atoms with Crippen molar-refractivity contribution in [1.29, 1.82) is 0 Å². The highest BCUT2D eigenvalue weighted by Gasteiger charge is 2.40. The van der Waals surface area contributed by atoms with Gasteiger partial charge in [0.2, 0.25) is 0 Å². The molecule has 0 bridgehead atoms. The molecule has 30 heavy (non-hydrogen) atoms. The topological polar surface area (TPSA) is 146 Å². The van der Waals surface area contributed by atoms with Crippen LogP contribution in [0.3, 0.4) is 0 Å². The van der Waals surface area contributed by atoms with Crippen molar-refractivity contribution >= 4 is 44.1 Å². The lowest BCUT2D eigenvalue weighted by molar-refractivity contribution is -0.156. The maximum atomic E-state index is 12.4. The summed E-state index contributed by atoms with van der Waals surface area (Å²) in [6, 6.07) is 4.98. The van der Waals surface area contributed by atoms with Gasteiger partial charge in [0.15, 0.2) is 11.0 Å². The van der Waals surface area contributed by atoms with E-state index in [2.05, 4.69) is 15.0 Å². The molecule has 1 atom stereocenters. The number of nitrogens with one attached hydrogen (secondary N) is 2. The second-order valence-corrected chi connectivity index (χ2v) is 9.77. The molecule has 1 heterocycles. The van der Waals surface area contributed by atoms with Gasteiger partial charge < -0.3 is 15.5 Å². The Morgan fingerprint density at radius 1 is 1.07 bits per heavy atom. The van der Waals surface area contributed by atoms with Crippen LogP contribution >= 0.6 is 11.3 Å². The Balaban J connectivity index is 1.80. The highest BCUT2D eigenvalue weighted by molar-refractivity contribution is 7.93. The average molecular weight is 454 g/mol. The number of aliphatic carboxylic acids is 2. The van der Waals surface area contributed by atoms with Crippen LogP contribution in [0.25, 0.3) is 0 Å². The lowest BCUT2D eigenvalue weighted by atomic mass is 9.78. The molecule has 2 aromatic rings. The van der Waals surface area contributed by atoms with Crippen LogP contribution in [0.1, 0.15) is 32.1 Å². The van der Waals surface area contributed by atoms with E-state index in [4.69, 9.17) is 0 Å². The molecule has 0 aliphatic heterocycles. The summed E-state index contributed by atoms with van der Waals surface area (Å²) in [5.41, 5.74) is 0.464. The second-order valence-electron chi connectivity index (χ2n) is 7.19. The first-order valence-corrected chi connectivity index (χ1v) is 11.9. The van der Waals surface area contributed by atoms with Crippen LogP contribution in [0.2, 0.25) is 0 Å². The molecule has 1 aliphatic rings. The Morgan fingerprint density at radius 3 is 2.23 bits per heavy atom. The van der Waals surface area contributed by atoms with Crippen molar-refractivity contribution in [2.45, 2.75) is 43.0 Å². The van der Waals surface area contributed by atoms with E-state index in [0.717, 1.165) is 43.4 Å². The Hall–Kier alpha value is -2.66. The molecule has 9 nitrogen and oxygen atoms in total. The van der Waals surface area contributed by atoms with Gasteiger partial charge in [0.25, 0.3) is 10.0 Å². The number of hydrogen-bond acceptors (Lipinski definition) is 7. The van der Waals surface area contributed by atoms with Gasteiger partial charge in [0.1, 0.15) is 0 Å². The molecular weight excluding hydrogens is 430 g/mol. The first-order valence-electron chi connectivity index (χ1n) is 9.52. The number of aromatic nitrogens is 1. The van der Waals surface area contributed by atoms with Crippen LogP contribution in [-0.2, 0) is 19.6 Å². The maximum Gasteiger partial charge on any atom is 0.320 e. The number of anilines is 2. The summed E-state index contributed by atoms with van der Waals surface area (Å²) < 4.78 is 27.3. The third-order valence-electron chi connectivity index (χ3n) is 5.20. The van der Waals surface area contributed by atoms with Gasteiger partial charge in [0, 0.05) is 17.3 Å². The van der Waals surface area contributed by atoms with E-state index in [1.807, 2.05) is 0 Å². The van der Waals surface area contributed by atoms with Gasteiger partial charge in [-0.25, -0.2) is 13.4 Å². The van der Waals surface area contributed by atoms with Crippen molar-refractivity contribution < 1.29 is 28.2 Å². The third kappa shape index (κ3) is 5.28. The normalized spacial score (nSPS) is 16.2. The minimum Gasteiger partial charge on any atom is -0.481 e. The molecule has 0 spiro atoms. The summed E-state index contributed by atoms with van der Waals surface area (Å²) in [7, 11) is -3.81. The zero-order valence-corrected chi connectivity index (χ0v) is 17.7. The molecule has 0 saturated heterocycles. The van der Waals surface area contributed by atoms with E-state index in [1.165, 1.54) is 30.5 Å². The average Bonchev–Trinajstić information content (AvgIpc) is 3.20. The van der Waals surface area contributed by atoms with Gasteiger partial charge in [-0.05, 0) is 43.0 Å². The molecule has 1 aliphatic carbocycles. The number of hydrogen-bond donors (Lipinski definition) is 4. The van der Waals surface area contributed by atoms with E-state index in [0.29, 0.717) is 5.69 Å². The van der Waals surface area contributed by atoms with E-state index in [1.54, 1.807) is 5.38 Å². The maximum absolute atomic E-state index is 12.4. The summed E-state index contributed by atoms with van der Waals surface area (Å²) in [4.78, 5) is 27.2. The van der Waals surface area contributed by atoms with Crippen LogP contribution in [-0.4, -0.2) is 41.6 Å². The SMILES string of the molecule is O=C(O)C(C(=O)O)C(Nc1ccc(S(=O)(=O)Nc2nccs2)cc1)C1CCCCC1. The molecular formula is C19H23N3O6S2. The fraction of sp³-hybridized carbons (Fsp3) is 0.421. The first-order chi connectivity index (χ1) is 14.3. The quantitative estimate of drug-likeness (QED) is 0.424. The molecule has 162 valence electrons. The van der Waals surface area contributed by atoms with Crippen LogP contribution in [0.15, 0.2) is 40.7 Å². The monoisotopic (exact) mass is 453 g/mol. The highest BCUT2D eigenvalue weighted by atomic mass is 32.2. The summed E-state index contributed by atoms with van der Waals surface area (Å²) >= 11 is 1.16. The highest BCUT2D eigenvalue weighted by Crippen LogP contribution is 2.32. The van der Waals surface area contributed by atoms with Crippen LogP contribution < -0.4 is 10.0 Å². The molecule has 1 fully saturated rings. The number of nitrogens with zero attached hydrogens (tertiary/aromatic N) is 1. The fourth-order valence-electron chi connectivity index (χ4n) is 3.75. The first kappa shape index (κ1) is 22.0. The van der Waals surface area contributed by atoms with Crippen molar-refractivity contribution in [3.63, 3.8) is 0 Å². The predicted molar refractivity (Wildman–Crippen MR) is 112 cm³/mol. The zero-order chi connectivity index (χ0) is 21.7. The number of rotatable bonds is 9. The molecule has 4 N–H and O–H groups in total. The van der Waals surface area contributed by atoms with Crippen LogP contribution in [0.4, 0.5) is 10.8 Å². The Morgan fingerprint density at radius 2 is 1.70 bits per heavy atom. The van der Waals surface area contributed by atoms with Crippen molar-refractivity contribution in [2.24, 2.45) is 11.8 Å². The molecule has 3 rings (SSSR count). The van der Waals surface area contributed by atoms with E-state index >= 15 is 0 Å². The van der Waals surface area contributed by atoms with Gasteiger partial charge in [-0.15, -0.1) is 11.3 Å². The minimum atomic E-state index is -3.81. The lowest BCUT2D eigenvalue weighted by Gasteiger charge is -2.33. The Bertz CT molecular complexity index is 956. The van der Waals surface area contributed by atoms with E-state index in [-0.39, 0.29) is 15.9 Å². The lowest BCUT2D eigenvalue weighted by Crippen LogP contribution is -2.45. The van der Waals surface area contributed by atoms with E-state index < -0.39 is 33.9 Å². The van der Waals surface area contributed by atoms with Crippen molar-refractivity contribution in [1.82, 2.24) is 4.98 Å². The second kappa shape index (κ2) is 9.43. The number of thiazole rings is 1. The van der Waals surface area contributed by atoms with Crippen LogP contribution in [0, 0.1) is 11.8 Å². The minimum absolute atomic E-state index is 0.0190. The van der Waals surface area contributed by atoms with Gasteiger partial charge >= 0.3 is 11.9 Å². The zero-order valence-electron chi connectivity index (χ0n) is 16.0. The summed E-state index contributed by atoms with van der Waals surface area (Å²) in [6.45, 7) is 0. The molecule has 0 amide bonds. The van der Waals surface area contributed by atoms with Crippen molar-refractivity contribution in [3.8, 4) is 0 Å². The summed E-state index contributed by atoms with van der Waals surface area (Å²) in [6.07, 6.45) is 5.88. The molecule has 1 aromatic carbocycles. The Kier molecular flexibility index (Phi) is 6.93. The number of carboxylic acid groups (broad SMARTS) is 2. The largest absolute Gasteiger partial charge is 0.481 e. The van der Waals surface area contributed by atoms with Crippen molar-refractivity contribution in [2.75, 3.05) is 10.0 Å². The molecule has 1 unspecified atom stereocenters. The van der Waals surface area contributed by atoms with Gasteiger partial charge in [-0.2, -0.15) is 0 Å². The van der Waals surface area contributed by atoms with Gasteiger partial charge in [0.05, 0.1) is 10.9 Å². The Labute approximate surface area is 178 Å². The fourth-order valence-corrected chi connectivity index (χ4v) is 5.54. The smallest absolute Gasteiger partial charge is 0.320 e. The van der Waals surface area contributed by atoms with Gasteiger partial charge in [-0.3, -0.25) is 14.3 Å². The molecule has 11 heteroatoms. The number of carboxylic acids is 2. The van der Waals surface area contributed by atoms with E-state index in [9.17, 15) is 28.2 Å². The predicted octanol–water partition coefficient (Wildman–Crippen LogP) is 3.09. The summed E-state index contributed by atoms with van der Waals surface area (Å²) in [5, 5.41) is 23.9. The number of carbonyl (C=O) groups is 2. The van der Waals surface area contributed by atoms with Crippen LogP contribution in [0.5, 0.6) is 0 Å². The molecule has 1 saturated carbocycles. The number of sulfonamides is 1. The summed E-state index contributed by atoms with van der Waals surface area (Å²) in [5.74, 6) is -4.47. The standard InChI is InChI=1S/C19H23N3O6S2/c23-17(24)15(18(25)26)16(12-4-2-1-3-5-12)21-13-6-8-14(9-7-13)30(27,28)22-19-20-10-11-29-19/h6-12,15-16,21H,1-5H2,(H,20,22)(H,23,24)(H,25,26). The third-order valence-corrected chi connectivity index (χ3v) is 7.37. The van der Waals surface area contributed by atoms with Crippen molar-refractivity contribution in [3.05, 3.63) is 35.8 Å². The molecule has 1 aromatic heterocycles.